The molecule has 1 saturated heterocycles. The monoisotopic (exact) mass is 404 g/mol. The summed E-state index contributed by atoms with van der Waals surface area (Å²) in [5.74, 6) is -0.334. The maximum atomic E-state index is 12.4. The molecule has 0 saturated carbocycles. The Morgan fingerprint density at radius 1 is 1.20 bits per heavy atom. The van der Waals surface area contributed by atoms with E-state index in [0.29, 0.717) is 0 Å². The van der Waals surface area contributed by atoms with Crippen LogP contribution in [0.5, 0.6) is 5.75 Å². The summed E-state index contributed by atoms with van der Waals surface area (Å²) in [6.45, 7) is 5.23. The van der Waals surface area contributed by atoms with Gasteiger partial charge in [-0.25, -0.2) is 0 Å². The van der Waals surface area contributed by atoms with Crippen molar-refractivity contribution >= 4 is 27.5 Å². The maximum Gasteiger partial charge on any atom is 0.255 e. The van der Waals surface area contributed by atoms with Crippen LogP contribution in [0.2, 0.25) is 0 Å². The number of anilines is 1. The number of ether oxygens (including phenoxy) is 1. The van der Waals surface area contributed by atoms with Gasteiger partial charge in [0.1, 0.15) is 5.75 Å². The number of rotatable bonds is 4. The molecule has 1 heterocycles. The summed E-state index contributed by atoms with van der Waals surface area (Å²) in [6, 6.07) is 12.8. The molecule has 2 aromatic rings. The van der Waals surface area contributed by atoms with E-state index in [0.717, 1.165) is 42.0 Å². The van der Waals surface area contributed by atoms with Crippen molar-refractivity contribution in [3.63, 3.8) is 0 Å². The molecule has 1 aliphatic heterocycles. The fraction of sp³-hybridized carbons (Fsp3) is 0.316. The molecule has 5 nitrogen and oxygen atoms in total. The second kappa shape index (κ2) is 7.89. The van der Waals surface area contributed by atoms with E-state index in [9.17, 15) is 9.90 Å². The van der Waals surface area contributed by atoms with Gasteiger partial charge < -0.3 is 20.1 Å². The lowest BCUT2D eigenvalue weighted by Gasteiger charge is -2.29. The van der Waals surface area contributed by atoms with Crippen molar-refractivity contribution in [2.24, 2.45) is 0 Å². The van der Waals surface area contributed by atoms with Gasteiger partial charge in [0, 0.05) is 23.2 Å². The minimum Gasteiger partial charge on any atom is -0.507 e. The van der Waals surface area contributed by atoms with Crippen LogP contribution in [0, 0.1) is 0 Å². The fourth-order valence-corrected chi connectivity index (χ4v) is 3.20. The van der Waals surface area contributed by atoms with Crippen LogP contribution >= 0.6 is 15.9 Å². The zero-order valence-electron chi connectivity index (χ0n) is 14.0. The quantitative estimate of drug-likeness (QED) is 0.818. The molecule has 1 fully saturated rings. The normalized spacial score (nSPS) is 15.7. The minimum atomic E-state index is -0.302. The standard InChI is InChI=1S/C19H21BrN2O3/c1-13(21-19(24)17-12-15(20)4-7-18(17)23)14-2-5-16(6-3-14)22-8-10-25-11-9-22/h2-7,12-13,23H,8-11H2,1H3,(H,21,24). The Labute approximate surface area is 155 Å². The molecule has 0 aromatic heterocycles. The molecule has 0 spiro atoms. The number of nitrogens with one attached hydrogen (secondary N) is 1. The van der Waals surface area contributed by atoms with Crippen molar-refractivity contribution in [1.82, 2.24) is 5.32 Å². The molecule has 1 amide bonds. The highest BCUT2D eigenvalue weighted by Gasteiger charge is 2.16. The average Bonchev–Trinajstić information content (AvgIpc) is 2.64. The Balaban J connectivity index is 1.67. The number of halogens is 1. The SMILES string of the molecule is CC(NC(=O)c1cc(Br)ccc1O)c1ccc(N2CCOCC2)cc1. The van der Waals surface area contributed by atoms with Gasteiger partial charge >= 0.3 is 0 Å². The van der Waals surface area contributed by atoms with Crippen LogP contribution in [0.1, 0.15) is 28.9 Å². The number of nitrogens with zero attached hydrogens (tertiary/aromatic N) is 1. The van der Waals surface area contributed by atoms with Crippen molar-refractivity contribution in [2.45, 2.75) is 13.0 Å². The average molecular weight is 405 g/mol. The van der Waals surface area contributed by atoms with Gasteiger partial charge in [0.15, 0.2) is 0 Å². The number of aromatic hydroxyl groups is 1. The number of amides is 1. The zero-order chi connectivity index (χ0) is 17.8. The first-order valence-corrected chi connectivity index (χ1v) is 9.06. The number of hydrogen-bond donors (Lipinski definition) is 2. The predicted octanol–water partition coefficient (Wildman–Crippen LogP) is 3.48. The number of carbonyl (C=O) groups is 1. The van der Waals surface area contributed by atoms with Gasteiger partial charge in [-0.05, 0) is 42.8 Å². The smallest absolute Gasteiger partial charge is 0.255 e. The number of morpholine rings is 1. The Morgan fingerprint density at radius 3 is 2.56 bits per heavy atom. The van der Waals surface area contributed by atoms with Gasteiger partial charge in [0.2, 0.25) is 0 Å². The predicted molar refractivity (Wildman–Crippen MR) is 101 cm³/mol. The first-order chi connectivity index (χ1) is 12.0. The molecule has 2 N–H and O–H groups in total. The van der Waals surface area contributed by atoms with Crippen LogP contribution in [-0.4, -0.2) is 37.3 Å². The zero-order valence-corrected chi connectivity index (χ0v) is 15.6. The largest absolute Gasteiger partial charge is 0.507 e. The molecule has 2 aromatic carbocycles. The van der Waals surface area contributed by atoms with Crippen LogP contribution in [0.25, 0.3) is 0 Å². The molecule has 1 unspecified atom stereocenters. The number of phenols is 1. The highest BCUT2D eigenvalue weighted by molar-refractivity contribution is 9.10. The highest BCUT2D eigenvalue weighted by Crippen LogP contribution is 2.24. The molecule has 0 bridgehead atoms. The first kappa shape index (κ1) is 17.8. The van der Waals surface area contributed by atoms with Gasteiger partial charge in [-0.2, -0.15) is 0 Å². The second-order valence-electron chi connectivity index (χ2n) is 6.05. The van der Waals surface area contributed by atoms with E-state index in [2.05, 4.69) is 38.3 Å². The van der Waals surface area contributed by atoms with Gasteiger partial charge in [0.25, 0.3) is 5.91 Å². The fourth-order valence-electron chi connectivity index (χ4n) is 2.84. The molecule has 132 valence electrons. The second-order valence-corrected chi connectivity index (χ2v) is 6.96. The molecule has 0 radical (unpaired) electrons. The van der Waals surface area contributed by atoms with Crippen LogP contribution in [0.4, 0.5) is 5.69 Å². The number of carbonyl (C=O) groups excluding carboxylic acids is 1. The summed E-state index contributed by atoms with van der Waals surface area (Å²) in [6.07, 6.45) is 0. The summed E-state index contributed by atoms with van der Waals surface area (Å²) in [5.41, 5.74) is 2.43. The van der Waals surface area contributed by atoms with E-state index >= 15 is 0 Å². The highest BCUT2D eigenvalue weighted by atomic mass is 79.9. The summed E-state index contributed by atoms with van der Waals surface area (Å²) in [4.78, 5) is 14.7. The van der Waals surface area contributed by atoms with Crippen LogP contribution in [0.3, 0.4) is 0 Å². The molecule has 1 aliphatic rings. The lowest BCUT2D eigenvalue weighted by Crippen LogP contribution is -2.36. The molecule has 1 atom stereocenters. The topological polar surface area (TPSA) is 61.8 Å². The number of phenolic OH excluding ortho intramolecular Hbond substituents is 1. The first-order valence-electron chi connectivity index (χ1n) is 8.26. The maximum absolute atomic E-state index is 12.4. The molecular formula is C19H21BrN2O3. The molecule has 25 heavy (non-hydrogen) atoms. The summed E-state index contributed by atoms with van der Waals surface area (Å²) >= 11 is 3.32. The minimum absolute atomic E-state index is 0.0319. The van der Waals surface area contributed by atoms with Crippen molar-refractivity contribution in [3.05, 3.63) is 58.1 Å². The van der Waals surface area contributed by atoms with Gasteiger partial charge in [0.05, 0.1) is 24.8 Å². The summed E-state index contributed by atoms with van der Waals surface area (Å²) in [5, 5.41) is 12.8. The Morgan fingerprint density at radius 2 is 1.88 bits per heavy atom. The number of benzene rings is 2. The van der Waals surface area contributed by atoms with E-state index in [1.54, 1.807) is 12.1 Å². The third kappa shape index (κ3) is 4.32. The number of hydrogen-bond acceptors (Lipinski definition) is 4. The molecule has 3 rings (SSSR count). The Bertz CT molecular complexity index is 743. The van der Waals surface area contributed by atoms with Crippen molar-refractivity contribution in [2.75, 3.05) is 31.2 Å². The van der Waals surface area contributed by atoms with E-state index in [1.807, 2.05) is 19.1 Å². The van der Waals surface area contributed by atoms with Gasteiger partial charge in [-0.3, -0.25) is 4.79 Å². The van der Waals surface area contributed by atoms with E-state index < -0.39 is 0 Å². The lowest BCUT2D eigenvalue weighted by atomic mass is 10.1. The van der Waals surface area contributed by atoms with Crippen LogP contribution in [0.15, 0.2) is 46.9 Å². The summed E-state index contributed by atoms with van der Waals surface area (Å²) < 4.78 is 6.12. The molecule has 6 heteroatoms. The Kier molecular flexibility index (Phi) is 5.60. The Hall–Kier alpha value is -2.05. The van der Waals surface area contributed by atoms with Crippen molar-refractivity contribution in [3.8, 4) is 5.75 Å². The van der Waals surface area contributed by atoms with Crippen LogP contribution in [-0.2, 0) is 4.74 Å². The van der Waals surface area contributed by atoms with E-state index in [4.69, 9.17) is 4.74 Å². The third-order valence-electron chi connectivity index (χ3n) is 4.32. The van der Waals surface area contributed by atoms with E-state index in [1.165, 1.54) is 6.07 Å². The third-order valence-corrected chi connectivity index (χ3v) is 4.81. The molecular weight excluding hydrogens is 384 g/mol. The molecule has 0 aliphatic carbocycles. The van der Waals surface area contributed by atoms with Gasteiger partial charge in [-0.1, -0.05) is 28.1 Å². The van der Waals surface area contributed by atoms with E-state index in [-0.39, 0.29) is 23.3 Å². The van der Waals surface area contributed by atoms with Crippen LogP contribution < -0.4 is 10.2 Å². The van der Waals surface area contributed by atoms with Crippen molar-refractivity contribution in [1.29, 1.82) is 0 Å². The summed E-state index contributed by atoms with van der Waals surface area (Å²) in [7, 11) is 0. The lowest BCUT2D eigenvalue weighted by molar-refractivity contribution is 0.0937. The van der Waals surface area contributed by atoms with Gasteiger partial charge in [-0.15, -0.1) is 0 Å². The van der Waals surface area contributed by atoms with Crippen molar-refractivity contribution < 1.29 is 14.6 Å².